The van der Waals surface area contributed by atoms with Gasteiger partial charge in [-0.05, 0) is 24.6 Å². The van der Waals surface area contributed by atoms with Crippen molar-refractivity contribution in [2.24, 2.45) is 0 Å². The van der Waals surface area contributed by atoms with Crippen molar-refractivity contribution in [1.82, 2.24) is 15.5 Å². The summed E-state index contributed by atoms with van der Waals surface area (Å²) in [5.74, 6) is -1.57. The van der Waals surface area contributed by atoms with Crippen molar-refractivity contribution in [3.8, 4) is 0 Å². The maximum absolute atomic E-state index is 13.8. The molecule has 110 valence electrons. The van der Waals surface area contributed by atoms with E-state index in [1.807, 2.05) is 0 Å². The predicted octanol–water partition coefficient (Wildman–Crippen LogP) is 1.01. The Morgan fingerprint density at radius 3 is 2.81 bits per heavy atom. The maximum Gasteiger partial charge on any atom is 0.322 e. The topological polar surface area (TPSA) is 78.5 Å². The molecule has 0 bridgehead atoms. The van der Waals surface area contributed by atoms with Gasteiger partial charge in [-0.1, -0.05) is 15.9 Å². The summed E-state index contributed by atoms with van der Waals surface area (Å²) < 4.78 is 14.4. The lowest BCUT2D eigenvalue weighted by Gasteiger charge is -2.21. The lowest BCUT2D eigenvalue weighted by molar-refractivity contribution is -0.123. The number of urea groups is 1. The van der Waals surface area contributed by atoms with Crippen molar-refractivity contribution in [2.75, 3.05) is 13.1 Å². The summed E-state index contributed by atoms with van der Waals surface area (Å²) in [6.45, 7) is 0.313. The largest absolute Gasteiger partial charge is 0.336 e. The molecule has 0 aliphatic carbocycles. The molecule has 2 heterocycles. The van der Waals surface area contributed by atoms with Crippen molar-refractivity contribution in [1.29, 1.82) is 0 Å². The molecule has 1 atom stereocenters. The minimum absolute atomic E-state index is 0.0371. The number of halogens is 2. The van der Waals surface area contributed by atoms with Crippen LogP contribution < -0.4 is 10.6 Å². The van der Waals surface area contributed by atoms with Crippen LogP contribution in [0.5, 0.6) is 0 Å². The van der Waals surface area contributed by atoms with Gasteiger partial charge in [-0.25, -0.2) is 9.18 Å². The number of benzene rings is 1. The van der Waals surface area contributed by atoms with Crippen LogP contribution in [0.4, 0.5) is 9.18 Å². The Morgan fingerprint density at radius 1 is 1.38 bits per heavy atom. The van der Waals surface area contributed by atoms with E-state index in [0.29, 0.717) is 10.9 Å². The molecule has 2 N–H and O–H groups in total. The van der Waals surface area contributed by atoms with Crippen LogP contribution in [-0.2, 0) is 4.79 Å². The van der Waals surface area contributed by atoms with Crippen LogP contribution in [0.25, 0.3) is 0 Å². The lowest BCUT2D eigenvalue weighted by atomic mass is 9.99. The molecule has 3 rings (SSSR count). The molecule has 1 aromatic carbocycles. The number of rotatable bonds is 1. The Bertz CT molecular complexity index is 666. The first-order valence-corrected chi connectivity index (χ1v) is 7.08. The second kappa shape index (κ2) is 4.80. The summed E-state index contributed by atoms with van der Waals surface area (Å²) in [5, 5.41) is 4.71. The fraction of sp³-hybridized carbons (Fsp3) is 0.308. The second-order valence-electron chi connectivity index (χ2n) is 5.09. The standard InChI is InChI=1S/C13H11BrFN3O3/c14-7-1-2-9(15)8(5-7)10(19)18-4-3-13(6-18)11(20)16-12(21)17-13/h1-2,5H,3-4,6H2,(H2,16,17,20,21). The fourth-order valence-electron chi connectivity index (χ4n) is 2.63. The van der Waals surface area contributed by atoms with Crippen LogP contribution in [0.15, 0.2) is 22.7 Å². The molecule has 1 aromatic rings. The monoisotopic (exact) mass is 355 g/mol. The average molecular weight is 356 g/mol. The van der Waals surface area contributed by atoms with Gasteiger partial charge in [-0.3, -0.25) is 14.9 Å². The lowest BCUT2D eigenvalue weighted by Crippen LogP contribution is -2.49. The molecule has 0 saturated carbocycles. The Hall–Kier alpha value is -1.96. The number of likely N-dealkylation sites (tertiary alicyclic amines) is 1. The van der Waals surface area contributed by atoms with Gasteiger partial charge in [0.2, 0.25) is 0 Å². The zero-order valence-corrected chi connectivity index (χ0v) is 12.4. The molecular weight excluding hydrogens is 345 g/mol. The minimum atomic E-state index is -1.09. The van der Waals surface area contributed by atoms with E-state index >= 15 is 0 Å². The Morgan fingerprint density at radius 2 is 2.14 bits per heavy atom. The summed E-state index contributed by atoms with van der Waals surface area (Å²) in [6, 6.07) is 3.54. The fourth-order valence-corrected chi connectivity index (χ4v) is 2.99. The summed E-state index contributed by atoms with van der Waals surface area (Å²) in [5.41, 5.74) is -1.15. The van der Waals surface area contributed by atoms with Crippen LogP contribution >= 0.6 is 15.9 Å². The molecule has 1 unspecified atom stereocenters. The first kappa shape index (κ1) is 14.0. The number of nitrogens with zero attached hydrogens (tertiary/aromatic N) is 1. The highest BCUT2D eigenvalue weighted by Crippen LogP contribution is 2.27. The van der Waals surface area contributed by atoms with Crippen molar-refractivity contribution in [3.05, 3.63) is 34.1 Å². The molecule has 8 heteroatoms. The molecule has 2 saturated heterocycles. The van der Waals surface area contributed by atoms with Gasteiger partial charge in [0.15, 0.2) is 0 Å². The Balaban J connectivity index is 1.83. The third-order valence-corrected chi connectivity index (χ3v) is 4.22. The Labute approximate surface area is 127 Å². The average Bonchev–Trinajstić information content (AvgIpc) is 2.97. The SMILES string of the molecule is O=C1NC(=O)C2(CCN(C(=O)c3cc(Br)ccc3F)C2)N1. The third-order valence-electron chi connectivity index (χ3n) is 3.73. The summed E-state index contributed by atoms with van der Waals surface area (Å²) in [4.78, 5) is 36.8. The van der Waals surface area contributed by atoms with Gasteiger partial charge in [-0.2, -0.15) is 0 Å². The second-order valence-corrected chi connectivity index (χ2v) is 6.01. The van der Waals surface area contributed by atoms with Gasteiger partial charge in [0.05, 0.1) is 12.1 Å². The van der Waals surface area contributed by atoms with E-state index in [4.69, 9.17) is 0 Å². The van der Waals surface area contributed by atoms with Crippen LogP contribution in [0, 0.1) is 5.82 Å². The molecule has 2 aliphatic heterocycles. The summed E-state index contributed by atoms with van der Waals surface area (Å²) in [6.07, 6.45) is 0.311. The van der Waals surface area contributed by atoms with Crippen LogP contribution in [0.3, 0.4) is 0 Å². The molecule has 4 amide bonds. The molecular formula is C13H11BrFN3O3. The van der Waals surface area contributed by atoms with Gasteiger partial charge in [-0.15, -0.1) is 0 Å². The summed E-state index contributed by atoms with van der Waals surface area (Å²) >= 11 is 3.19. The highest BCUT2D eigenvalue weighted by molar-refractivity contribution is 9.10. The Kier molecular flexibility index (Phi) is 3.20. The van der Waals surface area contributed by atoms with E-state index in [1.54, 1.807) is 0 Å². The minimum Gasteiger partial charge on any atom is -0.336 e. The first-order chi connectivity index (χ1) is 9.91. The zero-order valence-electron chi connectivity index (χ0n) is 10.8. The molecule has 2 fully saturated rings. The number of carbonyl (C=O) groups excluding carboxylic acids is 3. The number of imide groups is 1. The molecule has 21 heavy (non-hydrogen) atoms. The van der Waals surface area contributed by atoms with Crippen LogP contribution in [-0.4, -0.2) is 41.4 Å². The van der Waals surface area contributed by atoms with E-state index in [2.05, 4.69) is 26.6 Å². The van der Waals surface area contributed by atoms with Crippen molar-refractivity contribution >= 4 is 33.8 Å². The highest BCUT2D eigenvalue weighted by Gasteiger charge is 2.51. The normalized spacial score (nSPS) is 24.4. The molecule has 0 aromatic heterocycles. The van der Waals surface area contributed by atoms with Gasteiger partial charge in [0, 0.05) is 11.0 Å². The third kappa shape index (κ3) is 2.29. The van der Waals surface area contributed by atoms with E-state index in [-0.39, 0.29) is 18.7 Å². The van der Waals surface area contributed by atoms with Gasteiger partial charge in [0.25, 0.3) is 11.8 Å². The number of hydrogen-bond donors (Lipinski definition) is 2. The van der Waals surface area contributed by atoms with E-state index in [1.165, 1.54) is 23.1 Å². The van der Waals surface area contributed by atoms with Crippen molar-refractivity contribution in [2.45, 2.75) is 12.0 Å². The smallest absolute Gasteiger partial charge is 0.322 e. The number of carbonyl (C=O) groups is 3. The van der Waals surface area contributed by atoms with E-state index in [9.17, 15) is 18.8 Å². The van der Waals surface area contributed by atoms with Gasteiger partial charge >= 0.3 is 6.03 Å². The molecule has 1 spiro atoms. The first-order valence-electron chi connectivity index (χ1n) is 6.29. The molecule has 2 aliphatic rings. The molecule has 0 radical (unpaired) electrons. The van der Waals surface area contributed by atoms with Crippen LogP contribution in [0.2, 0.25) is 0 Å². The predicted molar refractivity (Wildman–Crippen MR) is 74.0 cm³/mol. The quantitative estimate of drug-likeness (QED) is 0.738. The van der Waals surface area contributed by atoms with E-state index < -0.39 is 29.2 Å². The molecule has 6 nitrogen and oxygen atoms in total. The number of hydrogen-bond acceptors (Lipinski definition) is 3. The number of nitrogens with one attached hydrogen (secondary N) is 2. The highest BCUT2D eigenvalue weighted by atomic mass is 79.9. The van der Waals surface area contributed by atoms with Crippen molar-refractivity contribution < 1.29 is 18.8 Å². The van der Waals surface area contributed by atoms with E-state index in [0.717, 1.165) is 0 Å². The maximum atomic E-state index is 13.8. The number of amides is 4. The zero-order chi connectivity index (χ0) is 15.2. The van der Waals surface area contributed by atoms with Crippen LogP contribution in [0.1, 0.15) is 16.8 Å². The van der Waals surface area contributed by atoms with Crippen molar-refractivity contribution in [3.63, 3.8) is 0 Å². The summed E-state index contributed by atoms with van der Waals surface area (Å²) in [7, 11) is 0. The van der Waals surface area contributed by atoms with Gasteiger partial charge in [0.1, 0.15) is 11.4 Å². The van der Waals surface area contributed by atoms with Gasteiger partial charge < -0.3 is 10.2 Å².